The first-order valence-electron chi connectivity index (χ1n) is 11.7. The van der Waals surface area contributed by atoms with Crippen LogP contribution in [0.15, 0.2) is 83.8 Å². The van der Waals surface area contributed by atoms with Crippen molar-refractivity contribution in [1.82, 2.24) is 0 Å². The van der Waals surface area contributed by atoms with Gasteiger partial charge in [0.2, 0.25) is 0 Å². The van der Waals surface area contributed by atoms with Gasteiger partial charge in [-0.25, -0.2) is 8.42 Å². The van der Waals surface area contributed by atoms with Crippen LogP contribution in [0.25, 0.3) is 0 Å². The number of methoxy groups -OCH3 is 1. The van der Waals surface area contributed by atoms with E-state index in [4.69, 9.17) is 4.74 Å². The Morgan fingerprint density at radius 1 is 1.03 bits per heavy atom. The van der Waals surface area contributed by atoms with Gasteiger partial charge in [0.15, 0.2) is 0 Å². The maximum atomic E-state index is 13.2. The molecule has 3 aromatic rings. The molecule has 2 aliphatic rings. The molecule has 0 amide bonds. The highest BCUT2D eigenvalue weighted by molar-refractivity contribution is 7.92. The number of allylic oxidation sites excluding steroid dienone is 2. The van der Waals surface area contributed by atoms with Gasteiger partial charge in [-0.3, -0.25) is 4.72 Å². The van der Waals surface area contributed by atoms with Crippen LogP contribution in [0.5, 0.6) is 5.75 Å². The highest BCUT2D eigenvalue weighted by Gasteiger charge is 2.38. The predicted molar refractivity (Wildman–Crippen MR) is 137 cm³/mol. The molecule has 5 nitrogen and oxygen atoms in total. The standard InChI is InChI=1S/C28H30N2O3S/c1-18(2)19-10-12-21(13-11-19)30-34(31,32)23-14-15-27-26(17-23)24-8-5-9-25(24)28(29-27)20-6-4-7-22(16-20)33-3/h4-8,10-18,24-25,28-30H,9H2,1-3H3/t24-,25+,28+/m0/s1. The third kappa shape index (κ3) is 4.18. The third-order valence-electron chi connectivity index (χ3n) is 6.93. The molecule has 0 unspecified atom stereocenters. The van der Waals surface area contributed by atoms with E-state index >= 15 is 0 Å². The Bertz CT molecular complexity index is 1330. The van der Waals surface area contributed by atoms with E-state index in [2.05, 4.69) is 48.2 Å². The number of benzene rings is 3. The van der Waals surface area contributed by atoms with Gasteiger partial charge in [-0.2, -0.15) is 0 Å². The van der Waals surface area contributed by atoms with Crippen molar-refractivity contribution in [3.63, 3.8) is 0 Å². The lowest BCUT2D eigenvalue weighted by molar-refractivity contribution is 0.406. The van der Waals surface area contributed by atoms with E-state index < -0.39 is 10.0 Å². The summed E-state index contributed by atoms with van der Waals surface area (Å²) in [5.41, 5.74) is 4.91. The zero-order valence-corrected chi connectivity index (χ0v) is 20.5. The Morgan fingerprint density at radius 3 is 2.56 bits per heavy atom. The smallest absolute Gasteiger partial charge is 0.261 e. The molecular weight excluding hydrogens is 444 g/mol. The van der Waals surface area contributed by atoms with Crippen LogP contribution < -0.4 is 14.8 Å². The largest absolute Gasteiger partial charge is 0.497 e. The highest BCUT2D eigenvalue weighted by atomic mass is 32.2. The molecular formula is C28H30N2O3S. The number of fused-ring (bicyclic) bond motifs is 3. The second kappa shape index (κ2) is 8.84. The monoisotopic (exact) mass is 474 g/mol. The molecule has 1 aliphatic carbocycles. The van der Waals surface area contributed by atoms with Crippen molar-refractivity contribution in [3.05, 3.63) is 95.6 Å². The van der Waals surface area contributed by atoms with Gasteiger partial charge in [0.1, 0.15) is 5.75 Å². The Balaban J connectivity index is 1.44. The minimum atomic E-state index is -3.70. The number of rotatable bonds is 6. The van der Waals surface area contributed by atoms with E-state index in [1.54, 1.807) is 13.2 Å². The lowest BCUT2D eigenvalue weighted by Crippen LogP contribution is -2.29. The fraction of sp³-hybridized carbons (Fsp3) is 0.286. The highest BCUT2D eigenvalue weighted by Crippen LogP contribution is 2.50. The minimum absolute atomic E-state index is 0.127. The summed E-state index contributed by atoms with van der Waals surface area (Å²) < 4.78 is 34.5. The first-order chi connectivity index (χ1) is 16.4. The summed E-state index contributed by atoms with van der Waals surface area (Å²) in [5, 5.41) is 3.67. The number of hydrogen-bond donors (Lipinski definition) is 2. The maximum absolute atomic E-state index is 13.2. The Morgan fingerprint density at radius 2 is 1.82 bits per heavy atom. The topological polar surface area (TPSA) is 67.4 Å². The maximum Gasteiger partial charge on any atom is 0.261 e. The fourth-order valence-corrected chi connectivity index (χ4v) is 6.15. The molecule has 2 N–H and O–H groups in total. The number of ether oxygens (including phenoxy) is 1. The summed E-state index contributed by atoms with van der Waals surface area (Å²) in [7, 11) is -2.02. The first-order valence-corrected chi connectivity index (χ1v) is 13.2. The van der Waals surface area contributed by atoms with Gasteiger partial charge < -0.3 is 10.1 Å². The fourth-order valence-electron chi connectivity index (χ4n) is 5.05. The molecule has 0 aromatic heterocycles. The average molecular weight is 475 g/mol. The molecule has 3 aromatic carbocycles. The molecule has 0 bridgehead atoms. The van der Waals surface area contributed by atoms with E-state index in [0.717, 1.165) is 23.4 Å². The number of sulfonamides is 1. The van der Waals surface area contributed by atoms with Crippen LogP contribution >= 0.6 is 0 Å². The molecule has 0 radical (unpaired) electrons. The Labute approximate surface area is 201 Å². The van der Waals surface area contributed by atoms with E-state index in [0.29, 0.717) is 17.5 Å². The zero-order valence-electron chi connectivity index (χ0n) is 19.7. The number of anilines is 2. The van der Waals surface area contributed by atoms with Gasteiger partial charge in [0, 0.05) is 17.3 Å². The van der Waals surface area contributed by atoms with Crippen LogP contribution in [0.2, 0.25) is 0 Å². The van der Waals surface area contributed by atoms with Crippen LogP contribution in [-0.4, -0.2) is 15.5 Å². The summed E-state index contributed by atoms with van der Waals surface area (Å²) in [6.45, 7) is 4.23. The summed E-state index contributed by atoms with van der Waals surface area (Å²) in [4.78, 5) is 0.278. The molecule has 176 valence electrons. The molecule has 0 spiro atoms. The van der Waals surface area contributed by atoms with Gasteiger partial charge in [-0.05, 0) is 77.4 Å². The van der Waals surface area contributed by atoms with Crippen LogP contribution in [0.1, 0.15) is 54.8 Å². The molecule has 0 saturated heterocycles. The second-order valence-electron chi connectivity index (χ2n) is 9.38. The van der Waals surface area contributed by atoms with E-state index in [-0.39, 0.29) is 16.9 Å². The third-order valence-corrected chi connectivity index (χ3v) is 8.31. The van der Waals surface area contributed by atoms with Crippen LogP contribution in [0.4, 0.5) is 11.4 Å². The van der Waals surface area contributed by atoms with E-state index in [1.165, 1.54) is 11.1 Å². The zero-order chi connectivity index (χ0) is 23.9. The molecule has 6 heteroatoms. The van der Waals surface area contributed by atoms with Gasteiger partial charge in [-0.1, -0.05) is 50.3 Å². The molecule has 0 saturated carbocycles. The van der Waals surface area contributed by atoms with Gasteiger partial charge >= 0.3 is 0 Å². The lowest BCUT2D eigenvalue weighted by atomic mass is 9.77. The summed E-state index contributed by atoms with van der Waals surface area (Å²) >= 11 is 0. The second-order valence-corrected chi connectivity index (χ2v) is 11.1. The predicted octanol–water partition coefficient (Wildman–Crippen LogP) is 6.45. The average Bonchev–Trinajstić information content (AvgIpc) is 3.34. The van der Waals surface area contributed by atoms with E-state index in [1.807, 2.05) is 48.5 Å². The van der Waals surface area contributed by atoms with Crippen molar-refractivity contribution in [1.29, 1.82) is 0 Å². The number of nitrogens with one attached hydrogen (secondary N) is 2. The van der Waals surface area contributed by atoms with Crippen LogP contribution in [0, 0.1) is 5.92 Å². The van der Waals surface area contributed by atoms with E-state index in [9.17, 15) is 8.42 Å². The summed E-state index contributed by atoms with van der Waals surface area (Å²) in [6, 6.07) is 21.2. The van der Waals surface area contributed by atoms with Crippen molar-refractivity contribution in [2.45, 2.75) is 43.0 Å². The minimum Gasteiger partial charge on any atom is -0.497 e. The van der Waals surface area contributed by atoms with Crippen molar-refractivity contribution < 1.29 is 13.2 Å². The molecule has 3 atom stereocenters. The van der Waals surface area contributed by atoms with Gasteiger partial charge in [0.25, 0.3) is 10.0 Å². The molecule has 34 heavy (non-hydrogen) atoms. The van der Waals surface area contributed by atoms with Crippen molar-refractivity contribution >= 4 is 21.4 Å². The molecule has 1 aliphatic heterocycles. The molecule has 5 rings (SSSR count). The van der Waals surface area contributed by atoms with Gasteiger partial charge in [0.05, 0.1) is 18.0 Å². The number of hydrogen-bond acceptors (Lipinski definition) is 4. The Kier molecular flexibility index (Phi) is 5.86. The normalized spacial score (nSPS) is 21.0. The van der Waals surface area contributed by atoms with Crippen LogP contribution in [-0.2, 0) is 10.0 Å². The van der Waals surface area contributed by atoms with Crippen LogP contribution in [0.3, 0.4) is 0 Å². The first kappa shape index (κ1) is 22.5. The van der Waals surface area contributed by atoms with Crippen molar-refractivity contribution in [2.24, 2.45) is 5.92 Å². The molecule has 1 heterocycles. The lowest BCUT2D eigenvalue weighted by Gasteiger charge is -2.37. The van der Waals surface area contributed by atoms with Gasteiger partial charge in [-0.15, -0.1) is 0 Å². The summed E-state index contributed by atoms with van der Waals surface area (Å²) in [5.74, 6) is 1.70. The Hall–Kier alpha value is -3.25. The SMILES string of the molecule is COc1cccc([C@H]2Nc3ccc(S(=O)(=O)Nc4ccc(C(C)C)cc4)cc3[C@H]3C=CC[C@H]32)c1. The molecule has 0 fully saturated rings. The van der Waals surface area contributed by atoms with Crippen molar-refractivity contribution in [3.8, 4) is 5.75 Å². The van der Waals surface area contributed by atoms with Crippen molar-refractivity contribution in [2.75, 3.05) is 17.1 Å². The quantitative estimate of drug-likeness (QED) is 0.403. The summed E-state index contributed by atoms with van der Waals surface area (Å²) in [6.07, 6.45) is 5.36.